The van der Waals surface area contributed by atoms with E-state index in [0.29, 0.717) is 5.92 Å². The van der Waals surface area contributed by atoms with E-state index in [0.717, 1.165) is 25.2 Å². The zero-order valence-electron chi connectivity index (χ0n) is 14.9. The Morgan fingerprint density at radius 2 is 1.65 bits per heavy atom. The standard InChI is InChI=1S/C21H25NO4/c22-17-8-14-15(9-19(17)24)21(26)16(20(14)25)10-18(23)13-6-5-11-3-1-2-4-12(11)7-13/h8-9,11-13,16,24H,1-7,10,22H2. The molecule has 0 heterocycles. The monoisotopic (exact) mass is 355 g/mol. The van der Waals surface area contributed by atoms with Crippen LogP contribution in [0.1, 0.15) is 72.1 Å². The summed E-state index contributed by atoms with van der Waals surface area (Å²) in [5.74, 6) is -0.414. The van der Waals surface area contributed by atoms with Crippen LogP contribution in [0.15, 0.2) is 12.1 Å². The second kappa shape index (κ2) is 6.53. The molecule has 0 saturated heterocycles. The Bertz CT molecular complexity index is 743. The molecule has 0 bridgehead atoms. The summed E-state index contributed by atoms with van der Waals surface area (Å²) in [6.07, 6.45) is 7.93. The summed E-state index contributed by atoms with van der Waals surface area (Å²) in [6.45, 7) is 0. The molecule has 2 saturated carbocycles. The van der Waals surface area contributed by atoms with Crippen LogP contribution in [0, 0.1) is 23.7 Å². The molecule has 4 unspecified atom stereocenters. The summed E-state index contributed by atoms with van der Waals surface area (Å²) in [5.41, 5.74) is 6.15. The molecule has 3 N–H and O–H groups in total. The fourth-order valence-electron chi connectivity index (χ4n) is 5.23. The number of ketones is 3. The van der Waals surface area contributed by atoms with Gasteiger partial charge in [0.05, 0.1) is 11.6 Å². The Hall–Kier alpha value is -2.17. The number of hydrogen-bond donors (Lipinski definition) is 2. The van der Waals surface area contributed by atoms with E-state index in [4.69, 9.17) is 5.73 Å². The first-order valence-electron chi connectivity index (χ1n) is 9.69. The first kappa shape index (κ1) is 17.3. The first-order chi connectivity index (χ1) is 12.5. The van der Waals surface area contributed by atoms with Crippen LogP contribution < -0.4 is 5.73 Å². The van der Waals surface area contributed by atoms with Crippen molar-refractivity contribution >= 4 is 23.0 Å². The zero-order valence-corrected chi connectivity index (χ0v) is 14.9. The number of aromatic hydroxyl groups is 1. The quantitative estimate of drug-likeness (QED) is 0.491. The largest absolute Gasteiger partial charge is 0.506 e. The van der Waals surface area contributed by atoms with Gasteiger partial charge in [0.2, 0.25) is 0 Å². The topological polar surface area (TPSA) is 97.5 Å². The van der Waals surface area contributed by atoms with Crippen molar-refractivity contribution < 1.29 is 19.5 Å². The fraction of sp³-hybridized carbons (Fsp3) is 0.571. The predicted molar refractivity (Wildman–Crippen MR) is 97.1 cm³/mol. The zero-order chi connectivity index (χ0) is 18.4. The number of carbonyl (C=O) groups is 3. The second-order valence-electron chi connectivity index (χ2n) is 8.22. The lowest BCUT2D eigenvalue weighted by Gasteiger charge is -2.39. The molecule has 3 aliphatic rings. The molecule has 5 heteroatoms. The number of anilines is 1. The summed E-state index contributed by atoms with van der Waals surface area (Å²) in [4.78, 5) is 38.0. The normalized spacial score (nSPS) is 30.8. The summed E-state index contributed by atoms with van der Waals surface area (Å²) in [5, 5.41) is 9.71. The minimum absolute atomic E-state index is 0.0165. The van der Waals surface area contributed by atoms with Crippen molar-refractivity contribution in [2.75, 3.05) is 5.73 Å². The third-order valence-electron chi connectivity index (χ3n) is 6.73. The van der Waals surface area contributed by atoms with Gasteiger partial charge < -0.3 is 10.8 Å². The van der Waals surface area contributed by atoms with E-state index in [1.807, 2.05) is 0 Å². The predicted octanol–water partition coefficient (Wildman–Crippen LogP) is 3.54. The van der Waals surface area contributed by atoms with Gasteiger partial charge in [-0.1, -0.05) is 25.7 Å². The van der Waals surface area contributed by atoms with Crippen LogP contribution in [0.3, 0.4) is 0 Å². The number of fused-ring (bicyclic) bond motifs is 2. The molecular formula is C21H25NO4. The highest BCUT2D eigenvalue weighted by Crippen LogP contribution is 2.44. The third-order valence-corrected chi connectivity index (χ3v) is 6.73. The molecule has 0 spiro atoms. The van der Waals surface area contributed by atoms with Crippen LogP contribution in [0.2, 0.25) is 0 Å². The smallest absolute Gasteiger partial charge is 0.175 e. The lowest BCUT2D eigenvalue weighted by atomic mass is 9.66. The Morgan fingerprint density at radius 3 is 2.38 bits per heavy atom. The molecule has 3 aliphatic carbocycles. The van der Waals surface area contributed by atoms with E-state index < -0.39 is 5.92 Å². The van der Waals surface area contributed by atoms with Gasteiger partial charge in [-0.3, -0.25) is 14.4 Å². The number of rotatable bonds is 3. The van der Waals surface area contributed by atoms with Crippen LogP contribution in [0.4, 0.5) is 5.69 Å². The molecular weight excluding hydrogens is 330 g/mol. The molecule has 4 atom stereocenters. The number of nitrogens with two attached hydrogens (primary N) is 1. The molecule has 0 aliphatic heterocycles. The van der Waals surface area contributed by atoms with Crippen molar-refractivity contribution in [1.82, 2.24) is 0 Å². The Kier molecular flexibility index (Phi) is 4.33. The summed E-state index contributed by atoms with van der Waals surface area (Å²) in [7, 11) is 0. The maximum atomic E-state index is 12.8. The number of nitrogen functional groups attached to an aromatic ring is 1. The van der Waals surface area contributed by atoms with Crippen molar-refractivity contribution in [2.24, 2.45) is 23.7 Å². The van der Waals surface area contributed by atoms with Gasteiger partial charge >= 0.3 is 0 Å². The van der Waals surface area contributed by atoms with Gasteiger partial charge in [0.25, 0.3) is 0 Å². The van der Waals surface area contributed by atoms with Gasteiger partial charge in [-0.25, -0.2) is 0 Å². The molecule has 1 aromatic rings. The molecule has 26 heavy (non-hydrogen) atoms. The van der Waals surface area contributed by atoms with Crippen molar-refractivity contribution in [3.8, 4) is 5.75 Å². The summed E-state index contributed by atoms with van der Waals surface area (Å²) >= 11 is 0. The molecule has 138 valence electrons. The maximum Gasteiger partial charge on any atom is 0.175 e. The average Bonchev–Trinajstić information content (AvgIpc) is 2.86. The van der Waals surface area contributed by atoms with Crippen LogP contribution >= 0.6 is 0 Å². The van der Waals surface area contributed by atoms with Gasteiger partial charge in [0, 0.05) is 23.5 Å². The SMILES string of the molecule is Nc1cc2c(cc1O)C(=O)C(CC(=O)C1CCC3CCCCC3C1)C2=O. The van der Waals surface area contributed by atoms with E-state index in [-0.39, 0.29) is 52.3 Å². The number of benzene rings is 1. The number of phenols is 1. The first-order valence-corrected chi connectivity index (χ1v) is 9.69. The third kappa shape index (κ3) is 2.83. The lowest BCUT2D eigenvalue weighted by molar-refractivity contribution is -0.125. The fourth-order valence-corrected chi connectivity index (χ4v) is 5.23. The second-order valence-corrected chi connectivity index (χ2v) is 8.22. The van der Waals surface area contributed by atoms with Crippen molar-refractivity contribution in [3.05, 3.63) is 23.3 Å². The van der Waals surface area contributed by atoms with Crippen molar-refractivity contribution in [2.45, 2.75) is 51.4 Å². The minimum Gasteiger partial charge on any atom is -0.506 e. The van der Waals surface area contributed by atoms with Crippen molar-refractivity contribution in [3.63, 3.8) is 0 Å². The molecule has 2 fully saturated rings. The molecule has 0 amide bonds. The van der Waals surface area contributed by atoms with Crippen LogP contribution in [-0.4, -0.2) is 22.5 Å². The average molecular weight is 355 g/mol. The van der Waals surface area contributed by atoms with Gasteiger partial charge in [-0.2, -0.15) is 0 Å². The van der Waals surface area contributed by atoms with Gasteiger partial charge in [-0.15, -0.1) is 0 Å². The molecule has 0 aromatic heterocycles. The highest BCUT2D eigenvalue weighted by molar-refractivity contribution is 6.28. The highest BCUT2D eigenvalue weighted by Gasteiger charge is 2.42. The summed E-state index contributed by atoms with van der Waals surface area (Å²) in [6, 6.07) is 2.60. The highest BCUT2D eigenvalue weighted by atomic mass is 16.3. The Morgan fingerprint density at radius 1 is 1.00 bits per heavy atom. The summed E-state index contributed by atoms with van der Waals surface area (Å²) < 4.78 is 0. The van der Waals surface area contributed by atoms with E-state index in [1.165, 1.54) is 37.8 Å². The number of carbonyl (C=O) groups excluding carboxylic acids is 3. The van der Waals surface area contributed by atoms with Gasteiger partial charge in [-0.05, 0) is 43.2 Å². The van der Waals surface area contributed by atoms with E-state index in [1.54, 1.807) is 0 Å². The van der Waals surface area contributed by atoms with Crippen LogP contribution in [0.25, 0.3) is 0 Å². The van der Waals surface area contributed by atoms with E-state index >= 15 is 0 Å². The lowest BCUT2D eigenvalue weighted by Crippen LogP contribution is -2.33. The van der Waals surface area contributed by atoms with E-state index in [2.05, 4.69) is 0 Å². The number of phenolic OH excluding ortho intramolecular Hbond substituents is 1. The van der Waals surface area contributed by atoms with Gasteiger partial charge in [0.15, 0.2) is 11.6 Å². The maximum absolute atomic E-state index is 12.8. The Labute approximate surface area is 153 Å². The molecule has 4 rings (SSSR count). The van der Waals surface area contributed by atoms with Crippen molar-refractivity contribution in [1.29, 1.82) is 0 Å². The molecule has 0 radical (unpaired) electrons. The molecule has 5 nitrogen and oxygen atoms in total. The van der Waals surface area contributed by atoms with Crippen LogP contribution in [0.5, 0.6) is 5.75 Å². The Balaban J connectivity index is 1.47. The molecule has 1 aromatic carbocycles. The minimum atomic E-state index is -0.942. The van der Waals surface area contributed by atoms with Gasteiger partial charge in [0.1, 0.15) is 11.5 Å². The van der Waals surface area contributed by atoms with E-state index in [9.17, 15) is 19.5 Å². The van der Waals surface area contributed by atoms with Crippen LogP contribution in [-0.2, 0) is 4.79 Å². The number of Topliss-reactive ketones (excluding diaryl/α,β-unsaturated/α-hetero) is 3. The number of hydrogen-bond acceptors (Lipinski definition) is 5.